The standard InChI is InChI=1S/C20H15ClF3NO5/c21-13-6-7-15(14(10-13)20(22,23)24)25-18(26)17(12-4-2-1-3-5-12)30-19(27)16-11-28-8-9-29-16/h1-7,10-11,17H,8-9H2,(H,25,26)/t17-/m0/s1. The highest BCUT2D eigenvalue weighted by Crippen LogP contribution is 2.37. The summed E-state index contributed by atoms with van der Waals surface area (Å²) in [6.45, 7) is 0.360. The number of alkyl halides is 3. The first-order valence-electron chi connectivity index (χ1n) is 8.64. The molecule has 1 amide bonds. The maximum absolute atomic E-state index is 13.3. The predicted octanol–water partition coefficient (Wildman–Crippen LogP) is 4.47. The smallest absolute Gasteiger partial charge is 0.418 e. The van der Waals surface area contributed by atoms with Crippen LogP contribution in [0.15, 0.2) is 60.6 Å². The van der Waals surface area contributed by atoms with E-state index in [0.717, 1.165) is 12.3 Å². The number of hydrogen-bond donors (Lipinski definition) is 1. The van der Waals surface area contributed by atoms with E-state index in [1.807, 2.05) is 0 Å². The van der Waals surface area contributed by atoms with Gasteiger partial charge in [-0.15, -0.1) is 0 Å². The molecular formula is C20H15ClF3NO5. The van der Waals surface area contributed by atoms with Crippen LogP contribution in [0, 0.1) is 0 Å². The van der Waals surface area contributed by atoms with Gasteiger partial charge in [-0.1, -0.05) is 41.9 Å². The molecule has 6 nitrogen and oxygen atoms in total. The molecule has 1 atom stereocenters. The Balaban J connectivity index is 1.88. The zero-order chi connectivity index (χ0) is 21.7. The van der Waals surface area contributed by atoms with Gasteiger partial charge < -0.3 is 19.5 Å². The molecule has 1 aliphatic rings. The fourth-order valence-electron chi connectivity index (χ4n) is 2.60. The molecule has 0 fully saturated rings. The van der Waals surface area contributed by atoms with E-state index in [1.165, 1.54) is 18.2 Å². The van der Waals surface area contributed by atoms with Crippen molar-refractivity contribution >= 4 is 29.2 Å². The lowest BCUT2D eigenvalue weighted by atomic mass is 10.1. The second-order valence-electron chi connectivity index (χ2n) is 6.07. The quantitative estimate of drug-likeness (QED) is 0.693. The molecule has 10 heteroatoms. The summed E-state index contributed by atoms with van der Waals surface area (Å²) >= 11 is 5.66. The summed E-state index contributed by atoms with van der Waals surface area (Å²) in [6, 6.07) is 10.8. The van der Waals surface area contributed by atoms with E-state index in [-0.39, 0.29) is 29.6 Å². The Kier molecular flexibility index (Phi) is 6.51. The summed E-state index contributed by atoms with van der Waals surface area (Å²) in [5.74, 6) is -2.23. The average molecular weight is 442 g/mol. The van der Waals surface area contributed by atoms with E-state index in [9.17, 15) is 22.8 Å². The number of rotatable bonds is 5. The third-order valence-corrected chi connectivity index (χ3v) is 4.20. The van der Waals surface area contributed by atoms with Crippen LogP contribution < -0.4 is 5.32 Å². The number of halogens is 4. The van der Waals surface area contributed by atoms with Gasteiger partial charge in [0, 0.05) is 10.6 Å². The van der Waals surface area contributed by atoms with Gasteiger partial charge in [0.25, 0.3) is 5.91 Å². The van der Waals surface area contributed by atoms with Crippen molar-refractivity contribution in [2.75, 3.05) is 18.5 Å². The van der Waals surface area contributed by atoms with E-state index in [0.29, 0.717) is 6.07 Å². The summed E-state index contributed by atoms with van der Waals surface area (Å²) in [4.78, 5) is 25.2. The lowest BCUT2D eigenvalue weighted by Crippen LogP contribution is -2.28. The van der Waals surface area contributed by atoms with E-state index in [4.69, 9.17) is 25.8 Å². The Morgan fingerprint density at radius 3 is 2.47 bits per heavy atom. The van der Waals surface area contributed by atoms with Crippen LogP contribution >= 0.6 is 11.6 Å². The number of amides is 1. The number of carbonyl (C=O) groups excluding carboxylic acids is 2. The minimum Gasteiger partial charge on any atom is -0.493 e. The van der Waals surface area contributed by atoms with Gasteiger partial charge in [-0.3, -0.25) is 4.79 Å². The topological polar surface area (TPSA) is 73.9 Å². The minimum absolute atomic E-state index is 0.114. The number of nitrogens with one attached hydrogen (secondary N) is 1. The fourth-order valence-corrected chi connectivity index (χ4v) is 2.77. The molecule has 0 aliphatic carbocycles. The van der Waals surface area contributed by atoms with Crippen molar-refractivity contribution in [1.82, 2.24) is 0 Å². The molecule has 1 heterocycles. The Labute approximate surface area is 174 Å². The van der Waals surface area contributed by atoms with Crippen LogP contribution in [-0.2, 0) is 30.0 Å². The van der Waals surface area contributed by atoms with Gasteiger partial charge in [-0.2, -0.15) is 13.2 Å². The molecule has 0 saturated carbocycles. The number of ether oxygens (including phenoxy) is 3. The third kappa shape index (κ3) is 5.24. The predicted molar refractivity (Wildman–Crippen MR) is 100 cm³/mol. The summed E-state index contributed by atoms with van der Waals surface area (Å²) in [7, 11) is 0. The van der Waals surface area contributed by atoms with Crippen LogP contribution in [0.1, 0.15) is 17.2 Å². The van der Waals surface area contributed by atoms with Gasteiger partial charge in [-0.05, 0) is 18.2 Å². The molecule has 1 aliphatic heterocycles. The summed E-state index contributed by atoms with van der Waals surface area (Å²) in [5.41, 5.74) is -1.40. The summed E-state index contributed by atoms with van der Waals surface area (Å²) in [5, 5.41) is 2.02. The largest absolute Gasteiger partial charge is 0.493 e. The lowest BCUT2D eigenvalue weighted by Gasteiger charge is -2.21. The van der Waals surface area contributed by atoms with E-state index >= 15 is 0 Å². The monoisotopic (exact) mass is 441 g/mol. The Morgan fingerprint density at radius 2 is 1.83 bits per heavy atom. The molecule has 1 N–H and O–H groups in total. The molecule has 0 radical (unpaired) electrons. The highest BCUT2D eigenvalue weighted by molar-refractivity contribution is 6.30. The molecule has 3 rings (SSSR count). The van der Waals surface area contributed by atoms with Gasteiger partial charge in [0.05, 0.1) is 11.3 Å². The molecule has 158 valence electrons. The van der Waals surface area contributed by atoms with Gasteiger partial charge in [0.2, 0.25) is 11.9 Å². The van der Waals surface area contributed by atoms with Crippen LogP contribution in [0.25, 0.3) is 0 Å². The van der Waals surface area contributed by atoms with Crippen LogP contribution in [0.4, 0.5) is 18.9 Å². The molecule has 30 heavy (non-hydrogen) atoms. The maximum Gasteiger partial charge on any atom is 0.418 e. The molecule has 0 saturated heterocycles. The maximum atomic E-state index is 13.3. The Bertz CT molecular complexity index is 963. The number of esters is 1. The van der Waals surface area contributed by atoms with Gasteiger partial charge in [-0.25, -0.2) is 4.79 Å². The SMILES string of the molecule is O=C(O[C@H](C(=O)Nc1ccc(Cl)cc1C(F)(F)F)c1ccccc1)C1=COCCO1. The Hall–Kier alpha value is -3.20. The Morgan fingerprint density at radius 1 is 1.10 bits per heavy atom. The number of hydrogen-bond acceptors (Lipinski definition) is 5. The van der Waals surface area contributed by atoms with Crippen molar-refractivity contribution in [2.24, 2.45) is 0 Å². The first-order valence-corrected chi connectivity index (χ1v) is 9.01. The number of benzene rings is 2. The van der Waals surface area contributed by atoms with Crippen molar-refractivity contribution in [3.63, 3.8) is 0 Å². The molecule has 0 bridgehead atoms. The minimum atomic E-state index is -4.76. The molecule has 2 aromatic rings. The van der Waals surface area contributed by atoms with Crippen molar-refractivity contribution < 1.29 is 37.0 Å². The number of anilines is 1. The van der Waals surface area contributed by atoms with E-state index < -0.39 is 35.4 Å². The van der Waals surface area contributed by atoms with Crippen LogP contribution in [0.2, 0.25) is 5.02 Å². The van der Waals surface area contributed by atoms with Crippen molar-refractivity contribution in [3.05, 3.63) is 76.7 Å². The first kappa shape index (κ1) is 21.5. The second kappa shape index (κ2) is 9.08. The molecule has 0 unspecified atom stereocenters. The fraction of sp³-hybridized carbons (Fsp3) is 0.200. The average Bonchev–Trinajstić information content (AvgIpc) is 2.73. The molecular weight excluding hydrogens is 427 g/mol. The van der Waals surface area contributed by atoms with Gasteiger partial charge >= 0.3 is 12.1 Å². The molecule has 2 aromatic carbocycles. The molecule has 0 spiro atoms. The van der Waals surface area contributed by atoms with Crippen molar-refractivity contribution in [1.29, 1.82) is 0 Å². The third-order valence-electron chi connectivity index (χ3n) is 3.96. The zero-order valence-corrected chi connectivity index (χ0v) is 16.0. The van der Waals surface area contributed by atoms with Crippen LogP contribution in [-0.4, -0.2) is 25.1 Å². The summed E-state index contributed by atoms with van der Waals surface area (Å²) in [6.07, 6.45) is -5.25. The van der Waals surface area contributed by atoms with Crippen LogP contribution in [0.5, 0.6) is 0 Å². The van der Waals surface area contributed by atoms with Crippen molar-refractivity contribution in [2.45, 2.75) is 12.3 Å². The zero-order valence-electron chi connectivity index (χ0n) is 15.2. The number of carbonyl (C=O) groups is 2. The van der Waals surface area contributed by atoms with Gasteiger partial charge in [0.15, 0.2) is 0 Å². The van der Waals surface area contributed by atoms with E-state index in [1.54, 1.807) is 18.2 Å². The van der Waals surface area contributed by atoms with Gasteiger partial charge in [0.1, 0.15) is 19.5 Å². The normalized spacial score (nSPS) is 14.6. The lowest BCUT2D eigenvalue weighted by molar-refractivity contribution is -0.155. The second-order valence-corrected chi connectivity index (χ2v) is 6.51. The first-order chi connectivity index (χ1) is 14.3. The highest BCUT2D eigenvalue weighted by atomic mass is 35.5. The summed E-state index contributed by atoms with van der Waals surface area (Å²) < 4.78 is 55.3. The highest BCUT2D eigenvalue weighted by Gasteiger charge is 2.35. The molecule has 0 aromatic heterocycles. The van der Waals surface area contributed by atoms with E-state index in [2.05, 4.69) is 5.32 Å². The van der Waals surface area contributed by atoms with Crippen molar-refractivity contribution in [3.8, 4) is 0 Å². The van der Waals surface area contributed by atoms with Crippen LogP contribution in [0.3, 0.4) is 0 Å².